The van der Waals surface area contributed by atoms with Gasteiger partial charge in [0.2, 0.25) is 0 Å². The van der Waals surface area contributed by atoms with Gasteiger partial charge in [0.25, 0.3) is 0 Å². The molecule has 230 valence electrons. The van der Waals surface area contributed by atoms with Crippen molar-refractivity contribution in [2.75, 3.05) is 4.90 Å². The first-order chi connectivity index (χ1) is 24.3. The molecule has 0 radical (unpaired) electrons. The highest BCUT2D eigenvalue weighted by Gasteiger charge is 2.25. The van der Waals surface area contributed by atoms with E-state index in [1.54, 1.807) is 0 Å². The molecule has 0 fully saturated rings. The summed E-state index contributed by atoms with van der Waals surface area (Å²) >= 11 is 1.84. The van der Waals surface area contributed by atoms with Crippen LogP contribution in [0, 0.1) is 0 Å². The largest absolute Gasteiger partial charge is 0.453 e. The van der Waals surface area contributed by atoms with E-state index in [4.69, 9.17) is 4.42 Å². The number of para-hydroxylation sites is 2. The first kappa shape index (κ1) is 27.9. The van der Waals surface area contributed by atoms with Gasteiger partial charge in [0.15, 0.2) is 5.58 Å². The van der Waals surface area contributed by atoms with E-state index < -0.39 is 0 Å². The molecule has 2 heterocycles. The Labute approximate surface area is 287 Å². The molecule has 49 heavy (non-hydrogen) atoms. The summed E-state index contributed by atoms with van der Waals surface area (Å²) in [7, 11) is 0. The molecule has 3 heteroatoms. The normalized spacial score (nSPS) is 11.7. The monoisotopic (exact) mass is 643 g/mol. The van der Waals surface area contributed by atoms with Crippen LogP contribution in [0.1, 0.15) is 0 Å². The van der Waals surface area contributed by atoms with E-state index in [2.05, 4.69) is 181 Å². The van der Waals surface area contributed by atoms with Crippen molar-refractivity contribution in [3.05, 3.63) is 176 Å². The third-order valence-electron chi connectivity index (χ3n) is 9.68. The Bertz CT molecular complexity index is 2830. The molecule has 0 aliphatic heterocycles. The molecule has 2 aromatic heterocycles. The number of rotatable bonds is 5. The van der Waals surface area contributed by atoms with Crippen LogP contribution in [-0.2, 0) is 0 Å². The van der Waals surface area contributed by atoms with Gasteiger partial charge in [-0.15, -0.1) is 11.3 Å². The van der Waals surface area contributed by atoms with Crippen LogP contribution in [-0.4, -0.2) is 0 Å². The smallest absolute Gasteiger partial charge is 0.159 e. The summed E-state index contributed by atoms with van der Waals surface area (Å²) in [5.41, 5.74) is 9.67. The van der Waals surface area contributed by atoms with Gasteiger partial charge in [0.05, 0.1) is 17.1 Å². The molecule has 10 rings (SSSR count). The van der Waals surface area contributed by atoms with Crippen molar-refractivity contribution in [1.29, 1.82) is 0 Å². The maximum Gasteiger partial charge on any atom is 0.159 e. The molecule has 8 aromatic carbocycles. The van der Waals surface area contributed by atoms with Crippen molar-refractivity contribution >= 4 is 81.3 Å². The number of furan rings is 1. The van der Waals surface area contributed by atoms with Gasteiger partial charge in [-0.25, -0.2) is 0 Å². The zero-order valence-corrected chi connectivity index (χ0v) is 27.3. The standard InChI is InChI=1S/C46H29NOS/c1-3-14-30(15-4-1)32-28-29-39(35-19-8-7-18-34(32)35)47(40-24-13-27-43-44(40)38-20-9-10-26-42(38)49-43)41-25-12-23-37-36-22-11-21-33(45(36)48-46(37)41)31-16-5-2-6-17-31/h1-29H. The highest BCUT2D eigenvalue weighted by Crippen LogP contribution is 2.50. The summed E-state index contributed by atoms with van der Waals surface area (Å²) in [5.74, 6) is 0. The third kappa shape index (κ3) is 4.40. The lowest BCUT2D eigenvalue weighted by Crippen LogP contribution is -2.11. The Morgan fingerprint density at radius 1 is 0.347 bits per heavy atom. The highest BCUT2D eigenvalue weighted by molar-refractivity contribution is 7.26. The van der Waals surface area contributed by atoms with Gasteiger partial charge in [-0.1, -0.05) is 146 Å². The fourth-order valence-corrected chi connectivity index (χ4v) is 8.63. The average Bonchev–Trinajstić information content (AvgIpc) is 3.75. The number of hydrogen-bond acceptors (Lipinski definition) is 3. The number of thiophene rings is 1. The Kier molecular flexibility index (Phi) is 6.39. The van der Waals surface area contributed by atoms with Gasteiger partial charge in [0.1, 0.15) is 5.58 Å². The van der Waals surface area contributed by atoms with E-state index in [1.165, 1.54) is 42.1 Å². The topological polar surface area (TPSA) is 16.4 Å². The second kappa shape index (κ2) is 11.2. The van der Waals surface area contributed by atoms with Gasteiger partial charge in [0, 0.05) is 41.9 Å². The molecule has 0 unspecified atom stereocenters. The molecular weight excluding hydrogens is 615 g/mol. The van der Waals surface area contributed by atoms with Gasteiger partial charge in [-0.3, -0.25) is 0 Å². The predicted octanol–water partition coefficient (Wildman–Crippen LogP) is 13.9. The number of nitrogens with zero attached hydrogens (tertiary/aromatic N) is 1. The maximum absolute atomic E-state index is 7.04. The van der Waals surface area contributed by atoms with E-state index >= 15 is 0 Å². The van der Waals surface area contributed by atoms with E-state index in [1.807, 2.05) is 11.3 Å². The van der Waals surface area contributed by atoms with Crippen molar-refractivity contribution in [3.63, 3.8) is 0 Å². The minimum Gasteiger partial charge on any atom is -0.453 e. The second-order valence-electron chi connectivity index (χ2n) is 12.4. The lowest BCUT2D eigenvalue weighted by molar-refractivity contribution is 0.670. The molecule has 10 aromatic rings. The molecule has 0 saturated carbocycles. The minimum atomic E-state index is 0.869. The molecule has 0 aliphatic rings. The molecular formula is C46H29NOS. The van der Waals surface area contributed by atoms with Crippen LogP contribution in [0.15, 0.2) is 180 Å². The zero-order chi connectivity index (χ0) is 32.3. The summed E-state index contributed by atoms with van der Waals surface area (Å²) in [6.07, 6.45) is 0. The SMILES string of the molecule is c1ccc(-c2ccc(N(c3cccc4c3oc3c(-c5ccccc5)cccc34)c3cccc4sc5ccccc5c34)c3ccccc23)cc1. The van der Waals surface area contributed by atoms with Crippen LogP contribution < -0.4 is 4.90 Å². The molecule has 0 aliphatic carbocycles. The molecule has 0 amide bonds. The van der Waals surface area contributed by atoms with Crippen LogP contribution >= 0.6 is 11.3 Å². The van der Waals surface area contributed by atoms with Crippen LogP contribution in [0.4, 0.5) is 17.1 Å². The summed E-state index contributed by atoms with van der Waals surface area (Å²) < 4.78 is 9.58. The lowest BCUT2D eigenvalue weighted by Gasteiger charge is -2.28. The van der Waals surface area contributed by atoms with Crippen molar-refractivity contribution in [2.24, 2.45) is 0 Å². The molecule has 2 nitrogen and oxygen atoms in total. The third-order valence-corrected chi connectivity index (χ3v) is 10.8. The zero-order valence-electron chi connectivity index (χ0n) is 26.5. The van der Waals surface area contributed by atoms with Crippen LogP contribution in [0.25, 0.3) is 75.1 Å². The van der Waals surface area contributed by atoms with Crippen molar-refractivity contribution in [1.82, 2.24) is 0 Å². The first-order valence-electron chi connectivity index (χ1n) is 16.6. The van der Waals surface area contributed by atoms with Crippen LogP contribution in [0.3, 0.4) is 0 Å². The Balaban J connectivity index is 1.31. The fourth-order valence-electron chi connectivity index (χ4n) is 7.51. The predicted molar refractivity (Wildman–Crippen MR) is 210 cm³/mol. The maximum atomic E-state index is 7.04. The van der Waals surface area contributed by atoms with Gasteiger partial charge in [-0.2, -0.15) is 0 Å². The Morgan fingerprint density at radius 2 is 0.918 bits per heavy atom. The Morgan fingerprint density at radius 3 is 1.71 bits per heavy atom. The molecule has 0 bridgehead atoms. The minimum absolute atomic E-state index is 0.869. The van der Waals surface area contributed by atoms with Crippen LogP contribution in [0.2, 0.25) is 0 Å². The van der Waals surface area contributed by atoms with Crippen LogP contribution in [0.5, 0.6) is 0 Å². The summed E-state index contributed by atoms with van der Waals surface area (Å²) in [6.45, 7) is 0. The molecule has 0 N–H and O–H groups in total. The lowest BCUT2D eigenvalue weighted by atomic mass is 9.96. The summed E-state index contributed by atoms with van der Waals surface area (Å²) in [4.78, 5) is 2.44. The number of anilines is 3. The van der Waals surface area contributed by atoms with Crippen molar-refractivity contribution in [3.8, 4) is 22.3 Å². The van der Waals surface area contributed by atoms with E-state index in [0.717, 1.165) is 50.1 Å². The quantitative estimate of drug-likeness (QED) is 0.186. The van der Waals surface area contributed by atoms with Crippen molar-refractivity contribution < 1.29 is 4.42 Å². The fraction of sp³-hybridized carbons (Fsp3) is 0. The van der Waals surface area contributed by atoms with E-state index in [-0.39, 0.29) is 0 Å². The second-order valence-corrected chi connectivity index (χ2v) is 13.5. The molecule has 0 atom stereocenters. The average molecular weight is 644 g/mol. The van der Waals surface area contributed by atoms with Gasteiger partial charge < -0.3 is 9.32 Å². The van der Waals surface area contributed by atoms with Gasteiger partial charge >= 0.3 is 0 Å². The summed E-state index contributed by atoms with van der Waals surface area (Å²) in [6, 6.07) is 63.0. The number of benzene rings is 8. The molecule has 0 saturated heterocycles. The van der Waals surface area contributed by atoms with Crippen molar-refractivity contribution in [2.45, 2.75) is 0 Å². The van der Waals surface area contributed by atoms with E-state index in [9.17, 15) is 0 Å². The highest BCUT2D eigenvalue weighted by atomic mass is 32.1. The number of fused-ring (bicyclic) bond motifs is 7. The van der Waals surface area contributed by atoms with E-state index in [0.29, 0.717) is 0 Å². The number of hydrogen-bond donors (Lipinski definition) is 0. The first-order valence-corrected chi connectivity index (χ1v) is 17.4. The van der Waals surface area contributed by atoms with Gasteiger partial charge in [-0.05, 0) is 52.4 Å². The Hall–Kier alpha value is -6.16. The summed E-state index contributed by atoms with van der Waals surface area (Å²) in [5, 5.41) is 7.11. The molecule has 0 spiro atoms.